The van der Waals surface area contributed by atoms with Gasteiger partial charge in [0.2, 0.25) is 0 Å². The molecule has 0 aliphatic heterocycles. The van der Waals surface area contributed by atoms with E-state index in [-0.39, 0.29) is 0 Å². The van der Waals surface area contributed by atoms with Crippen LogP contribution in [0.5, 0.6) is 0 Å². The Morgan fingerprint density at radius 2 is 2.45 bits per heavy atom. The van der Waals surface area contributed by atoms with Crippen LogP contribution in [0.2, 0.25) is 0 Å². The van der Waals surface area contributed by atoms with Gasteiger partial charge in [0.15, 0.2) is 0 Å². The number of nitrogens with one attached hydrogen (secondary N) is 1. The van der Waals surface area contributed by atoms with Crippen molar-refractivity contribution in [3.8, 4) is 0 Å². The molecule has 2 heteroatoms. The van der Waals surface area contributed by atoms with Crippen molar-refractivity contribution in [2.45, 2.75) is 13.3 Å². The maximum absolute atomic E-state index is 4.09. The van der Waals surface area contributed by atoms with E-state index in [4.69, 9.17) is 0 Å². The molecule has 2 nitrogen and oxygen atoms in total. The van der Waals surface area contributed by atoms with E-state index in [0.29, 0.717) is 0 Å². The summed E-state index contributed by atoms with van der Waals surface area (Å²) >= 11 is 0. The molecule has 0 spiro atoms. The van der Waals surface area contributed by atoms with Gasteiger partial charge >= 0.3 is 0 Å². The fraction of sp³-hybridized carbons (Fsp3) is 0.222. The van der Waals surface area contributed by atoms with E-state index in [1.807, 2.05) is 24.4 Å². The molecule has 0 aliphatic rings. The highest BCUT2D eigenvalue weighted by molar-refractivity contribution is 5.36. The summed E-state index contributed by atoms with van der Waals surface area (Å²) in [5.74, 6) is 0.886. The first-order chi connectivity index (χ1) is 5.43. The maximum Gasteiger partial charge on any atom is 0.129 e. The van der Waals surface area contributed by atoms with Gasteiger partial charge in [0, 0.05) is 6.20 Å². The van der Waals surface area contributed by atoms with Crippen LogP contribution in [-0.2, 0) is 0 Å². The average Bonchev–Trinajstić information content (AvgIpc) is 2.07. The van der Waals surface area contributed by atoms with Crippen LogP contribution in [0, 0.1) is 0 Å². The molecule has 0 bridgehead atoms. The number of allylic oxidation sites excluding steroid dienone is 1. The minimum Gasteiger partial charge on any atom is -0.347 e. The van der Waals surface area contributed by atoms with E-state index in [9.17, 15) is 0 Å². The Bertz CT molecular complexity index is 216. The first-order valence-electron chi connectivity index (χ1n) is 3.76. The Hall–Kier alpha value is -1.31. The van der Waals surface area contributed by atoms with Gasteiger partial charge in [-0.2, -0.15) is 0 Å². The van der Waals surface area contributed by atoms with Crippen LogP contribution in [0.25, 0.3) is 0 Å². The Labute approximate surface area is 67.0 Å². The van der Waals surface area contributed by atoms with Crippen molar-refractivity contribution in [1.82, 2.24) is 4.98 Å². The number of pyridine rings is 1. The molecule has 1 rings (SSSR count). The second-order valence-corrected chi connectivity index (χ2v) is 2.17. The third kappa shape index (κ3) is 2.85. The molecular weight excluding hydrogens is 136 g/mol. The van der Waals surface area contributed by atoms with Gasteiger partial charge in [-0.15, -0.1) is 0 Å². The third-order valence-corrected chi connectivity index (χ3v) is 1.25. The summed E-state index contributed by atoms with van der Waals surface area (Å²) < 4.78 is 0. The van der Waals surface area contributed by atoms with Crippen molar-refractivity contribution in [3.05, 3.63) is 36.7 Å². The molecule has 0 aromatic carbocycles. The maximum atomic E-state index is 4.09. The molecule has 0 fully saturated rings. The van der Waals surface area contributed by atoms with Crippen LogP contribution in [0.3, 0.4) is 0 Å². The topological polar surface area (TPSA) is 24.9 Å². The molecular formula is C9H12N2. The van der Waals surface area contributed by atoms with Crippen LogP contribution < -0.4 is 5.32 Å². The third-order valence-electron chi connectivity index (χ3n) is 1.25. The molecule has 1 aromatic rings. The molecule has 0 unspecified atom stereocenters. The van der Waals surface area contributed by atoms with E-state index in [0.717, 1.165) is 12.2 Å². The number of hydrogen-bond acceptors (Lipinski definition) is 2. The van der Waals surface area contributed by atoms with Crippen LogP contribution in [0.4, 0.5) is 5.82 Å². The Morgan fingerprint density at radius 3 is 3.09 bits per heavy atom. The van der Waals surface area contributed by atoms with E-state index in [1.54, 1.807) is 6.20 Å². The van der Waals surface area contributed by atoms with Crippen LogP contribution in [-0.4, -0.2) is 4.98 Å². The molecule has 11 heavy (non-hydrogen) atoms. The number of rotatable bonds is 3. The lowest BCUT2D eigenvalue weighted by atomic mass is 10.4. The van der Waals surface area contributed by atoms with E-state index >= 15 is 0 Å². The lowest BCUT2D eigenvalue weighted by Gasteiger charge is -1.96. The van der Waals surface area contributed by atoms with Crippen LogP contribution in [0.15, 0.2) is 36.7 Å². The molecule has 0 radical (unpaired) electrons. The minimum atomic E-state index is 0.886. The lowest BCUT2D eigenvalue weighted by Crippen LogP contribution is -1.88. The Kier molecular flexibility index (Phi) is 3.19. The van der Waals surface area contributed by atoms with E-state index in [1.165, 1.54) is 0 Å². The fourth-order valence-electron chi connectivity index (χ4n) is 0.710. The second-order valence-electron chi connectivity index (χ2n) is 2.17. The number of nitrogens with zero attached hydrogens (tertiary/aromatic N) is 1. The number of aromatic nitrogens is 1. The quantitative estimate of drug-likeness (QED) is 0.712. The largest absolute Gasteiger partial charge is 0.347 e. The normalized spacial score (nSPS) is 10.3. The molecule has 0 saturated heterocycles. The molecule has 58 valence electrons. The van der Waals surface area contributed by atoms with Crippen molar-refractivity contribution in [2.75, 3.05) is 5.32 Å². The predicted octanol–water partition coefficient (Wildman–Crippen LogP) is 2.42. The average molecular weight is 148 g/mol. The van der Waals surface area contributed by atoms with Crippen molar-refractivity contribution in [1.29, 1.82) is 0 Å². The van der Waals surface area contributed by atoms with Gasteiger partial charge in [-0.05, 0) is 24.8 Å². The molecule has 1 aromatic heterocycles. The van der Waals surface area contributed by atoms with Crippen LogP contribution in [0.1, 0.15) is 13.3 Å². The highest BCUT2D eigenvalue weighted by Gasteiger charge is 1.82. The van der Waals surface area contributed by atoms with Crippen LogP contribution >= 0.6 is 0 Å². The molecule has 0 saturated carbocycles. The zero-order chi connectivity index (χ0) is 7.94. The van der Waals surface area contributed by atoms with Crippen molar-refractivity contribution < 1.29 is 0 Å². The number of hydrogen-bond donors (Lipinski definition) is 1. The predicted molar refractivity (Wildman–Crippen MR) is 47.3 cm³/mol. The molecule has 0 aliphatic carbocycles. The summed E-state index contributed by atoms with van der Waals surface area (Å²) in [6.45, 7) is 2.09. The summed E-state index contributed by atoms with van der Waals surface area (Å²) in [7, 11) is 0. The van der Waals surface area contributed by atoms with Gasteiger partial charge in [-0.25, -0.2) is 4.98 Å². The molecule has 0 atom stereocenters. The highest BCUT2D eigenvalue weighted by Crippen LogP contribution is 1.98. The van der Waals surface area contributed by atoms with E-state index in [2.05, 4.69) is 23.3 Å². The van der Waals surface area contributed by atoms with Gasteiger partial charge in [-0.1, -0.05) is 19.1 Å². The van der Waals surface area contributed by atoms with Gasteiger partial charge < -0.3 is 5.32 Å². The van der Waals surface area contributed by atoms with Gasteiger partial charge in [0.25, 0.3) is 0 Å². The zero-order valence-electron chi connectivity index (χ0n) is 6.62. The van der Waals surface area contributed by atoms with Crippen molar-refractivity contribution >= 4 is 5.82 Å². The summed E-state index contributed by atoms with van der Waals surface area (Å²) in [6, 6.07) is 5.78. The molecule has 1 N–H and O–H groups in total. The van der Waals surface area contributed by atoms with Gasteiger partial charge in [0.05, 0.1) is 0 Å². The first-order valence-corrected chi connectivity index (χ1v) is 3.76. The lowest BCUT2D eigenvalue weighted by molar-refractivity contribution is 1.21. The molecule has 0 amide bonds. The van der Waals surface area contributed by atoms with E-state index < -0.39 is 0 Å². The van der Waals surface area contributed by atoms with Crippen molar-refractivity contribution in [3.63, 3.8) is 0 Å². The highest BCUT2D eigenvalue weighted by atomic mass is 15.0. The number of anilines is 1. The van der Waals surface area contributed by atoms with Gasteiger partial charge in [0.1, 0.15) is 5.82 Å². The van der Waals surface area contributed by atoms with Gasteiger partial charge in [-0.3, -0.25) is 0 Å². The first kappa shape index (κ1) is 7.79. The monoisotopic (exact) mass is 148 g/mol. The standard InChI is InChI=1S/C9H12N2/c1-2-3-7-10-9-6-4-5-8-11-9/h3-8H,2H2,1H3,(H,10,11)/b7-3+. The summed E-state index contributed by atoms with van der Waals surface area (Å²) in [6.07, 6.45) is 6.76. The molecule has 1 heterocycles. The zero-order valence-corrected chi connectivity index (χ0v) is 6.62. The minimum absolute atomic E-state index is 0.886. The SMILES string of the molecule is CC/C=C/Nc1ccccn1. The Balaban J connectivity index is 2.45. The second kappa shape index (κ2) is 4.50. The summed E-state index contributed by atoms with van der Waals surface area (Å²) in [5.41, 5.74) is 0. The summed E-state index contributed by atoms with van der Waals surface area (Å²) in [5, 5.41) is 3.05. The fourth-order valence-corrected chi connectivity index (χ4v) is 0.710. The summed E-state index contributed by atoms with van der Waals surface area (Å²) in [4.78, 5) is 4.09. The smallest absolute Gasteiger partial charge is 0.129 e. The Morgan fingerprint density at radius 1 is 1.55 bits per heavy atom. The van der Waals surface area contributed by atoms with Crippen molar-refractivity contribution in [2.24, 2.45) is 0 Å².